The maximum atomic E-state index is 13.4. The van der Waals surface area contributed by atoms with E-state index in [4.69, 9.17) is 15.5 Å². The Bertz CT molecular complexity index is 1390. The topological polar surface area (TPSA) is 148 Å². The standard InChI is InChI=1S/C32H42N6O4/c1-5-25(29(33)39)38-28-15-14-22(19-34-28)27-16-24(23-8-6-7-9-26(23)37-27)30(40)35-17-20-10-12-21(13-11-20)18-36-31(41)42-32(2,3)4/h6-9,14-16,19-21,25H,5,10-13,17-18H2,1-4H3,(H2,33,39)(H,34,38)(H,35,40)(H,36,41)/t20?,21?,25-/m0/s1. The minimum Gasteiger partial charge on any atom is -0.444 e. The van der Waals surface area contributed by atoms with Crippen molar-refractivity contribution in [2.45, 2.75) is 71.4 Å². The number of nitrogens with two attached hydrogens (primary N) is 1. The number of fused-ring (bicyclic) bond motifs is 1. The van der Waals surface area contributed by atoms with Gasteiger partial charge < -0.3 is 26.4 Å². The molecule has 3 aromatic rings. The van der Waals surface area contributed by atoms with Gasteiger partial charge in [0.05, 0.1) is 16.8 Å². The van der Waals surface area contributed by atoms with Crippen molar-refractivity contribution in [3.8, 4) is 11.3 Å². The van der Waals surface area contributed by atoms with Gasteiger partial charge in [-0.25, -0.2) is 14.8 Å². The van der Waals surface area contributed by atoms with Crippen molar-refractivity contribution >= 4 is 34.6 Å². The number of nitrogens with zero attached hydrogens (tertiary/aromatic N) is 2. The highest BCUT2D eigenvalue weighted by molar-refractivity contribution is 6.07. The minimum atomic E-state index is -0.509. The molecule has 1 aromatic carbocycles. The first-order valence-electron chi connectivity index (χ1n) is 14.7. The Morgan fingerprint density at radius 2 is 1.67 bits per heavy atom. The number of alkyl carbamates (subject to hydrolysis) is 1. The van der Waals surface area contributed by atoms with Crippen LogP contribution >= 0.6 is 0 Å². The number of anilines is 1. The van der Waals surface area contributed by atoms with Gasteiger partial charge in [-0.05, 0) is 89.0 Å². The van der Waals surface area contributed by atoms with Gasteiger partial charge in [-0.1, -0.05) is 25.1 Å². The molecule has 4 rings (SSSR count). The number of para-hydroxylation sites is 1. The molecular weight excluding hydrogens is 532 g/mol. The lowest BCUT2D eigenvalue weighted by Gasteiger charge is -2.29. The molecule has 0 radical (unpaired) electrons. The zero-order valence-electron chi connectivity index (χ0n) is 24.9. The summed E-state index contributed by atoms with van der Waals surface area (Å²) in [7, 11) is 0. The van der Waals surface area contributed by atoms with Crippen LogP contribution in [-0.4, -0.2) is 52.6 Å². The van der Waals surface area contributed by atoms with Crippen LogP contribution in [0.3, 0.4) is 0 Å². The van der Waals surface area contributed by atoms with Crippen molar-refractivity contribution in [2.24, 2.45) is 17.6 Å². The van der Waals surface area contributed by atoms with E-state index in [1.807, 2.05) is 58.0 Å². The highest BCUT2D eigenvalue weighted by Crippen LogP contribution is 2.29. The number of aromatic nitrogens is 2. The molecule has 5 N–H and O–H groups in total. The largest absolute Gasteiger partial charge is 0.444 e. The third-order valence-electron chi connectivity index (χ3n) is 7.55. The van der Waals surface area contributed by atoms with E-state index in [-0.39, 0.29) is 12.0 Å². The third kappa shape index (κ3) is 8.41. The number of nitrogens with one attached hydrogen (secondary N) is 3. The van der Waals surface area contributed by atoms with Gasteiger partial charge >= 0.3 is 6.09 Å². The average molecular weight is 575 g/mol. The number of rotatable bonds is 10. The number of hydrogen-bond acceptors (Lipinski definition) is 7. The van der Waals surface area contributed by atoms with Gasteiger partial charge in [0.25, 0.3) is 5.91 Å². The second-order valence-corrected chi connectivity index (χ2v) is 12.0. The van der Waals surface area contributed by atoms with Crippen molar-refractivity contribution in [3.63, 3.8) is 0 Å². The summed E-state index contributed by atoms with van der Waals surface area (Å²) in [6.07, 6.45) is 5.82. The van der Waals surface area contributed by atoms with Crippen molar-refractivity contribution in [3.05, 3.63) is 54.2 Å². The highest BCUT2D eigenvalue weighted by Gasteiger charge is 2.24. The molecule has 0 aliphatic heterocycles. The number of ether oxygens (including phenoxy) is 1. The molecule has 10 heteroatoms. The second-order valence-electron chi connectivity index (χ2n) is 12.0. The van der Waals surface area contributed by atoms with Crippen LogP contribution in [0.1, 0.15) is 70.2 Å². The first-order chi connectivity index (χ1) is 20.0. The number of hydrogen-bond donors (Lipinski definition) is 4. The van der Waals surface area contributed by atoms with Crippen LogP contribution in [0, 0.1) is 11.8 Å². The SMILES string of the molecule is CC[C@H](Nc1ccc(-c2cc(C(=O)NCC3CCC(CNC(=O)OC(C)(C)C)CC3)c3ccccc3n2)cn1)C(N)=O. The Kier molecular flexibility index (Phi) is 9.98. The fourth-order valence-electron chi connectivity index (χ4n) is 5.21. The average Bonchev–Trinajstić information content (AvgIpc) is 2.96. The Hall–Kier alpha value is -4.21. The summed E-state index contributed by atoms with van der Waals surface area (Å²) in [6, 6.07) is 12.5. The van der Waals surface area contributed by atoms with Gasteiger partial charge in [-0.3, -0.25) is 9.59 Å². The molecule has 1 fully saturated rings. The molecule has 2 heterocycles. The van der Waals surface area contributed by atoms with Gasteiger partial charge in [0.15, 0.2) is 0 Å². The zero-order valence-corrected chi connectivity index (χ0v) is 24.9. The van der Waals surface area contributed by atoms with E-state index < -0.39 is 17.6 Å². The number of pyridine rings is 2. The number of carbonyl (C=O) groups is 3. The Labute approximate surface area is 247 Å². The van der Waals surface area contributed by atoms with Crippen molar-refractivity contribution in [1.82, 2.24) is 20.6 Å². The normalized spacial score (nSPS) is 17.7. The molecule has 0 bridgehead atoms. The van der Waals surface area contributed by atoms with E-state index in [0.29, 0.717) is 48.4 Å². The molecule has 1 aliphatic rings. The van der Waals surface area contributed by atoms with Crippen LogP contribution in [0.5, 0.6) is 0 Å². The van der Waals surface area contributed by atoms with Gasteiger partial charge in [0.1, 0.15) is 17.5 Å². The second kappa shape index (κ2) is 13.6. The van der Waals surface area contributed by atoms with E-state index in [9.17, 15) is 14.4 Å². The summed E-state index contributed by atoms with van der Waals surface area (Å²) in [6.45, 7) is 8.63. The van der Waals surface area contributed by atoms with E-state index in [1.165, 1.54) is 0 Å². The molecule has 0 spiro atoms. The number of amides is 3. The van der Waals surface area contributed by atoms with E-state index in [2.05, 4.69) is 20.9 Å². The van der Waals surface area contributed by atoms with Gasteiger partial charge in [0.2, 0.25) is 5.91 Å². The molecule has 1 aliphatic carbocycles. The lowest BCUT2D eigenvalue weighted by atomic mass is 9.82. The van der Waals surface area contributed by atoms with Gasteiger partial charge in [-0.2, -0.15) is 0 Å². The van der Waals surface area contributed by atoms with Crippen LogP contribution in [0.25, 0.3) is 22.2 Å². The Morgan fingerprint density at radius 1 is 1.00 bits per heavy atom. The molecule has 42 heavy (non-hydrogen) atoms. The van der Waals surface area contributed by atoms with Crippen molar-refractivity contribution < 1.29 is 19.1 Å². The molecule has 2 aromatic heterocycles. The van der Waals surface area contributed by atoms with Gasteiger partial charge in [-0.15, -0.1) is 0 Å². The summed E-state index contributed by atoms with van der Waals surface area (Å²) >= 11 is 0. The summed E-state index contributed by atoms with van der Waals surface area (Å²) in [4.78, 5) is 46.2. The number of primary amides is 1. The van der Waals surface area contributed by atoms with Crippen LogP contribution in [0.15, 0.2) is 48.7 Å². The molecule has 10 nitrogen and oxygen atoms in total. The van der Waals surface area contributed by atoms with Crippen LogP contribution in [0.2, 0.25) is 0 Å². The molecule has 0 saturated heterocycles. The summed E-state index contributed by atoms with van der Waals surface area (Å²) < 4.78 is 5.33. The predicted octanol–water partition coefficient (Wildman–Crippen LogP) is 5.03. The quantitative estimate of drug-likeness (QED) is 0.265. The maximum absolute atomic E-state index is 13.4. The molecule has 1 atom stereocenters. The third-order valence-corrected chi connectivity index (χ3v) is 7.55. The van der Waals surface area contributed by atoms with Gasteiger partial charge in [0, 0.05) is 30.2 Å². The Morgan fingerprint density at radius 3 is 2.26 bits per heavy atom. The molecule has 1 saturated carbocycles. The first-order valence-corrected chi connectivity index (χ1v) is 14.7. The predicted molar refractivity (Wildman–Crippen MR) is 164 cm³/mol. The zero-order chi connectivity index (χ0) is 30.3. The monoisotopic (exact) mass is 574 g/mol. The number of benzene rings is 1. The first kappa shape index (κ1) is 30.7. The van der Waals surface area contributed by atoms with E-state index in [1.54, 1.807) is 18.3 Å². The molecule has 224 valence electrons. The molecule has 3 amide bonds. The summed E-state index contributed by atoms with van der Waals surface area (Å²) in [5, 5.41) is 9.87. The maximum Gasteiger partial charge on any atom is 0.407 e. The lowest BCUT2D eigenvalue weighted by molar-refractivity contribution is -0.118. The molecule has 0 unspecified atom stereocenters. The van der Waals surface area contributed by atoms with Crippen LogP contribution < -0.4 is 21.7 Å². The van der Waals surface area contributed by atoms with Crippen molar-refractivity contribution in [1.29, 1.82) is 0 Å². The smallest absolute Gasteiger partial charge is 0.407 e. The van der Waals surface area contributed by atoms with E-state index >= 15 is 0 Å². The number of carbonyl (C=O) groups excluding carboxylic acids is 3. The Balaban J connectivity index is 1.37. The fraction of sp³-hybridized carbons (Fsp3) is 0.469. The minimum absolute atomic E-state index is 0.137. The van der Waals surface area contributed by atoms with Crippen molar-refractivity contribution in [2.75, 3.05) is 18.4 Å². The molecular formula is C32H42N6O4. The lowest BCUT2D eigenvalue weighted by Crippen LogP contribution is -2.37. The summed E-state index contributed by atoms with van der Waals surface area (Å²) in [5.41, 5.74) is 7.60. The van der Waals surface area contributed by atoms with Crippen LogP contribution in [-0.2, 0) is 9.53 Å². The summed E-state index contributed by atoms with van der Waals surface area (Å²) in [5.74, 6) is 0.768. The fourth-order valence-corrected chi connectivity index (χ4v) is 5.21. The van der Waals surface area contributed by atoms with E-state index in [0.717, 1.165) is 42.1 Å². The highest BCUT2D eigenvalue weighted by atomic mass is 16.6. The van der Waals surface area contributed by atoms with Crippen LogP contribution in [0.4, 0.5) is 10.6 Å².